The van der Waals surface area contributed by atoms with E-state index < -0.39 is 17.8 Å². The van der Waals surface area contributed by atoms with Gasteiger partial charge in [0, 0.05) is 6.20 Å². The maximum absolute atomic E-state index is 12.7. The van der Waals surface area contributed by atoms with E-state index in [1.54, 1.807) is 0 Å². The molecule has 19 heavy (non-hydrogen) atoms. The van der Waals surface area contributed by atoms with Gasteiger partial charge in [0.25, 0.3) is 0 Å². The fourth-order valence-corrected chi connectivity index (χ4v) is 2.09. The lowest BCUT2D eigenvalue weighted by Gasteiger charge is -2.11. The summed E-state index contributed by atoms with van der Waals surface area (Å²) in [6.07, 6.45) is -4.31. The molecule has 104 valence electrons. The van der Waals surface area contributed by atoms with Crippen molar-refractivity contribution in [3.05, 3.63) is 35.3 Å². The van der Waals surface area contributed by atoms with Gasteiger partial charge >= 0.3 is 6.18 Å². The first-order valence-electron chi connectivity index (χ1n) is 5.99. The number of imidazole rings is 1. The molecule has 0 radical (unpaired) electrons. The number of alkyl halides is 3. The molecule has 1 atom stereocenters. The Hall–Kier alpha value is -1.56. The van der Waals surface area contributed by atoms with Crippen molar-refractivity contribution < 1.29 is 18.3 Å². The molecule has 0 fully saturated rings. The monoisotopic (exact) mass is 272 g/mol. The van der Waals surface area contributed by atoms with E-state index in [-0.39, 0.29) is 5.92 Å². The van der Waals surface area contributed by atoms with E-state index in [4.69, 9.17) is 0 Å². The van der Waals surface area contributed by atoms with Gasteiger partial charge in [-0.05, 0) is 25.0 Å². The molecule has 1 unspecified atom stereocenters. The van der Waals surface area contributed by atoms with E-state index in [0.29, 0.717) is 17.0 Å². The highest BCUT2D eigenvalue weighted by Crippen LogP contribution is 2.32. The van der Waals surface area contributed by atoms with Crippen molar-refractivity contribution in [3.8, 4) is 0 Å². The molecule has 0 bridgehead atoms. The molecule has 2 aromatic rings. The number of aromatic nitrogens is 2. The van der Waals surface area contributed by atoms with Crippen molar-refractivity contribution in [2.45, 2.75) is 39.0 Å². The van der Waals surface area contributed by atoms with Crippen molar-refractivity contribution in [1.82, 2.24) is 9.38 Å². The Labute approximate surface area is 108 Å². The Morgan fingerprint density at radius 3 is 2.32 bits per heavy atom. The van der Waals surface area contributed by atoms with Crippen molar-refractivity contribution >= 4 is 5.65 Å². The lowest BCUT2D eigenvalue weighted by Crippen LogP contribution is -2.08. The Kier molecular flexibility index (Phi) is 3.30. The number of aliphatic hydroxyl groups excluding tert-OH is 1. The molecule has 0 spiro atoms. The third kappa shape index (κ3) is 2.45. The zero-order valence-electron chi connectivity index (χ0n) is 10.9. The number of rotatable bonds is 2. The van der Waals surface area contributed by atoms with Crippen LogP contribution in [0.25, 0.3) is 5.65 Å². The van der Waals surface area contributed by atoms with Crippen LogP contribution in [0, 0.1) is 0 Å². The summed E-state index contributed by atoms with van der Waals surface area (Å²) in [6, 6.07) is 2.32. The third-order valence-corrected chi connectivity index (χ3v) is 2.95. The number of pyridine rings is 1. The average Bonchev–Trinajstić information content (AvgIpc) is 2.65. The molecule has 0 aliphatic carbocycles. The van der Waals surface area contributed by atoms with Crippen molar-refractivity contribution in [2.24, 2.45) is 0 Å². The smallest absolute Gasteiger partial charge is 0.387 e. The van der Waals surface area contributed by atoms with Gasteiger partial charge in [0.2, 0.25) is 0 Å². The zero-order valence-corrected chi connectivity index (χ0v) is 10.9. The minimum atomic E-state index is -4.41. The first kappa shape index (κ1) is 13.9. The summed E-state index contributed by atoms with van der Waals surface area (Å²) < 4.78 is 39.5. The van der Waals surface area contributed by atoms with Gasteiger partial charge in [-0.25, -0.2) is 4.98 Å². The second-order valence-corrected chi connectivity index (χ2v) is 4.86. The Bertz CT molecular complexity index is 600. The maximum atomic E-state index is 12.7. The van der Waals surface area contributed by atoms with Crippen LogP contribution < -0.4 is 0 Å². The SMILES string of the molecule is CC(C)c1nc2ccc(C(F)(F)F)cn2c1C(C)O. The number of hydrogen-bond acceptors (Lipinski definition) is 2. The molecule has 0 aliphatic heterocycles. The van der Waals surface area contributed by atoms with Gasteiger partial charge < -0.3 is 9.51 Å². The Morgan fingerprint density at radius 2 is 1.84 bits per heavy atom. The third-order valence-electron chi connectivity index (χ3n) is 2.95. The number of halogens is 3. The van der Waals surface area contributed by atoms with Gasteiger partial charge in [0.1, 0.15) is 5.65 Å². The average molecular weight is 272 g/mol. The van der Waals surface area contributed by atoms with Crippen LogP contribution in [0.2, 0.25) is 0 Å². The quantitative estimate of drug-likeness (QED) is 0.908. The molecule has 0 aromatic carbocycles. The molecule has 6 heteroatoms. The summed E-state index contributed by atoms with van der Waals surface area (Å²) in [6.45, 7) is 5.30. The van der Waals surface area contributed by atoms with Crippen LogP contribution in [0.15, 0.2) is 18.3 Å². The molecule has 1 N–H and O–H groups in total. The summed E-state index contributed by atoms with van der Waals surface area (Å²) in [4.78, 5) is 4.29. The molecular formula is C13H15F3N2O. The van der Waals surface area contributed by atoms with Crippen molar-refractivity contribution in [1.29, 1.82) is 0 Å². The normalized spacial score (nSPS) is 14.3. The fourth-order valence-electron chi connectivity index (χ4n) is 2.09. The summed E-state index contributed by atoms with van der Waals surface area (Å²) in [5, 5.41) is 9.79. The predicted octanol–water partition coefficient (Wildman–Crippen LogP) is 3.53. The highest BCUT2D eigenvalue weighted by molar-refractivity contribution is 5.46. The van der Waals surface area contributed by atoms with Gasteiger partial charge in [0.15, 0.2) is 0 Å². The second kappa shape index (κ2) is 4.52. The van der Waals surface area contributed by atoms with E-state index in [9.17, 15) is 18.3 Å². The topological polar surface area (TPSA) is 37.5 Å². The molecule has 0 aliphatic rings. The molecule has 2 heterocycles. The van der Waals surface area contributed by atoms with Crippen LogP contribution in [0.3, 0.4) is 0 Å². The molecule has 2 aromatic heterocycles. The standard InChI is InChI=1S/C13H15F3N2O/c1-7(2)11-12(8(3)19)18-6-9(13(14,15)16)4-5-10(18)17-11/h4-8,19H,1-3H3. The lowest BCUT2D eigenvalue weighted by atomic mass is 10.1. The Balaban J connectivity index is 2.73. The Morgan fingerprint density at radius 1 is 1.21 bits per heavy atom. The van der Waals surface area contributed by atoms with Crippen LogP contribution in [-0.2, 0) is 6.18 Å². The van der Waals surface area contributed by atoms with Crippen LogP contribution in [0.4, 0.5) is 13.2 Å². The lowest BCUT2D eigenvalue weighted by molar-refractivity contribution is -0.137. The van der Waals surface area contributed by atoms with E-state index in [2.05, 4.69) is 4.98 Å². The van der Waals surface area contributed by atoms with Crippen LogP contribution in [-0.4, -0.2) is 14.5 Å². The molecule has 2 rings (SSSR count). The van der Waals surface area contributed by atoms with Crippen molar-refractivity contribution in [3.63, 3.8) is 0 Å². The van der Waals surface area contributed by atoms with E-state index in [0.717, 1.165) is 12.3 Å². The first-order valence-corrected chi connectivity index (χ1v) is 5.99. The zero-order chi connectivity index (χ0) is 14.4. The molecule has 0 saturated heterocycles. The van der Waals surface area contributed by atoms with E-state index >= 15 is 0 Å². The second-order valence-electron chi connectivity index (χ2n) is 4.86. The van der Waals surface area contributed by atoms with Crippen molar-refractivity contribution in [2.75, 3.05) is 0 Å². The minimum absolute atomic E-state index is 0.0267. The van der Waals surface area contributed by atoms with Gasteiger partial charge in [-0.3, -0.25) is 0 Å². The predicted molar refractivity (Wildman–Crippen MR) is 64.9 cm³/mol. The largest absolute Gasteiger partial charge is 0.417 e. The van der Waals surface area contributed by atoms with Gasteiger partial charge in [-0.2, -0.15) is 13.2 Å². The summed E-state index contributed by atoms with van der Waals surface area (Å²) in [5.74, 6) is 0.0267. The van der Waals surface area contributed by atoms with E-state index in [1.165, 1.54) is 17.4 Å². The molecule has 0 saturated carbocycles. The molecule has 3 nitrogen and oxygen atoms in total. The van der Waals surface area contributed by atoms with E-state index in [1.807, 2.05) is 13.8 Å². The number of nitrogens with zero attached hydrogens (tertiary/aromatic N) is 2. The maximum Gasteiger partial charge on any atom is 0.417 e. The van der Waals surface area contributed by atoms with Crippen LogP contribution >= 0.6 is 0 Å². The first-order chi connectivity index (χ1) is 8.71. The number of fused-ring (bicyclic) bond motifs is 1. The minimum Gasteiger partial charge on any atom is -0.387 e. The molecule has 0 amide bonds. The van der Waals surface area contributed by atoms with Gasteiger partial charge in [0.05, 0.1) is 23.1 Å². The summed E-state index contributed by atoms with van der Waals surface area (Å²) in [7, 11) is 0. The number of hydrogen-bond donors (Lipinski definition) is 1. The summed E-state index contributed by atoms with van der Waals surface area (Å²) >= 11 is 0. The number of aliphatic hydroxyl groups is 1. The van der Waals surface area contributed by atoms with Gasteiger partial charge in [-0.1, -0.05) is 13.8 Å². The summed E-state index contributed by atoms with van der Waals surface area (Å²) in [5.41, 5.74) is 0.688. The van der Waals surface area contributed by atoms with Crippen LogP contribution in [0.1, 0.15) is 49.7 Å². The van der Waals surface area contributed by atoms with Crippen LogP contribution in [0.5, 0.6) is 0 Å². The molecular weight excluding hydrogens is 257 g/mol. The fraction of sp³-hybridized carbons (Fsp3) is 0.462. The highest BCUT2D eigenvalue weighted by atomic mass is 19.4. The highest BCUT2D eigenvalue weighted by Gasteiger charge is 2.31. The van der Waals surface area contributed by atoms with Gasteiger partial charge in [-0.15, -0.1) is 0 Å².